The van der Waals surface area contributed by atoms with E-state index in [1.807, 2.05) is 24.3 Å². The molecule has 0 aliphatic heterocycles. The first-order valence-electron chi connectivity index (χ1n) is 8.84. The number of Topliss-reactive ketones (excluding diaryl/α,β-unsaturated/α-hetero) is 1. The fourth-order valence-electron chi connectivity index (χ4n) is 2.55. The van der Waals surface area contributed by atoms with Crippen LogP contribution in [0.25, 0.3) is 0 Å². The predicted octanol–water partition coefficient (Wildman–Crippen LogP) is 3.36. The van der Waals surface area contributed by atoms with Gasteiger partial charge in [-0.2, -0.15) is 11.8 Å². The van der Waals surface area contributed by atoms with Gasteiger partial charge >= 0.3 is 0 Å². The predicted molar refractivity (Wildman–Crippen MR) is 119 cm³/mol. The number of carbonyl (C=O) groups excluding carboxylic acids is 2. The Hall–Kier alpha value is -2.03. The Kier molecular flexibility index (Phi) is 8.55. The van der Waals surface area contributed by atoms with Gasteiger partial charge in [0.2, 0.25) is 15.9 Å². The smallest absolute Gasteiger partial charge is 0.240 e. The van der Waals surface area contributed by atoms with Gasteiger partial charge < -0.3 is 5.32 Å². The first-order chi connectivity index (χ1) is 13.7. The molecule has 6 nitrogen and oxygen atoms in total. The first kappa shape index (κ1) is 23.3. The molecule has 0 bridgehead atoms. The number of benzene rings is 2. The third-order valence-electron chi connectivity index (χ3n) is 3.95. The molecule has 1 N–H and O–H groups in total. The Morgan fingerprint density at radius 3 is 2.52 bits per heavy atom. The summed E-state index contributed by atoms with van der Waals surface area (Å²) in [7, 11) is -3.69. The minimum Gasteiger partial charge on any atom is -0.354 e. The summed E-state index contributed by atoms with van der Waals surface area (Å²) >= 11 is 7.59. The lowest BCUT2D eigenvalue weighted by molar-refractivity contribution is -0.119. The van der Waals surface area contributed by atoms with Gasteiger partial charge in [-0.15, -0.1) is 0 Å². The molecule has 2 aromatic rings. The van der Waals surface area contributed by atoms with Crippen LogP contribution >= 0.6 is 23.4 Å². The van der Waals surface area contributed by atoms with Gasteiger partial charge in [-0.25, -0.2) is 8.42 Å². The highest BCUT2D eigenvalue weighted by molar-refractivity contribution is 7.98. The zero-order valence-corrected chi connectivity index (χ0v) is 18.6. The summed E-state index contributed by atoms with van der Waals surface area (Å²) in [5, 5.41) is 3.42. The number of thioether (sulfide) groups is 1. The largest absolute Gasteiger partial charge is 0.354 e. The Labute approximate surface area is 180 Å². The quantitative estimate of drug-likeness (QED) is 0.439. The molecular formula is C20H23ClN2O4S2. The fourth-order valence-corrected chi connectivity index (χ4v) is 4.41. The molecule has 2 aromatic carbocycles. The van der Waals surface area contributed by atoms with Gasteiger partial charge in [-0.3, -0.25) is 13.9 Å². The summed E-state index contributed by atoms with van der Waals surface area (Å²) in [6.07, 6.45) is 1.03. The lowest BCUT2D eigenvalue weighted by atomic mass is 10.1. The van der Waals surface area contributed by atoms with E-state index < -0.39 is 15.9 Å². The second kappa shape index (κ2) is 10.7. The van der Waals surface area contributed by atoms with E-state index in [-0.39, 0.29) is 18.0 Å². The van der Waals surface area contributed by atoms with Crippen molar-refractivity contribution in [3.05, 3.63) is 64.7 Å². The van der Waals surface area contributed by atoms with Gasteiger partial charge in [0.1, 0.15) is 6.54 Å². The Bertz CT molecular complexity index is 980. The van der Waals surface area contributed by atoms with Crippen LogP contribution in [-0.2, 0) is 20.6 Å². The van der Waals surface area contributed by atoms with Crippen molar-refractivity contribution in [3.63, 3.8) is 0 Å². The van der Waals surface area contributed by atoms with Crippen LogP contribution in [-0.4, -0.2) is 45.2 Å². The van der Waals surface area contributed by atoms with Crippen molar-refractivity contribution >= 4 is 50.8 Å². The van der Waals surface area contributed by atoms with Crippen molar-refractivity contribution < 1.29 is 18.0 Å². The molecule has 0 unspecified atom stereocenters. The lowest BCUT2D eigenvalue weighted by Crippen LogP contribution is -2.41. The molecule has 156 valence electrons. The number of amides is 1. The van der Waals surface area contributed by atoms with Crippen LogP contribution in [0.4, 0.5) is 5.69 Å². The van der Waals surface area contributed by atoms with E-state index >= 15 is 0 Å². The maximum atomic E-state index is 12.3. The Morgan fingerprint density at radius 1 is 1.14 bits per heavy atom. The molecule has 0 aromatic heterocycles. The van der Waals surface area contributed by atoms with Crippen molar-refractivity contribution in [1.29, 1.82) is 0 Å². The molecule has 9 heteroatoms. The maximum absolute atomic E-state index is 12.3. The monoisotopic (exact) mass is 454 g/mol. The number of ketones is 1. The standard InChI is InChI=1S/C20H23ClN2O4S2/c1-15(24)17-6-4-8-19(12-17)23(29(2,26)27)13-20(25)22-9-10-28-14-16-5-3-7-18(21)11-16/h3-8,11-12H,9-10,13-14H2,1-2H3,(H,22,25). The molecule has 0 aliphatic carbocycles. The SMILES string of the molecule is CC(=O)c1cccc(N(CC(=O)NCCSCc2cccc(Cl)c2)S(C)(=O)=O)c1. The van der Waals surface area contributed by atoms with Gasteiger partial charge in [-0.05, 0) is 36.8 Å². The highest BCUT2D eigenvalue weighted by Crippen LogP contribution is 2.19. The summed E-state index contributed by atoms with van der Waals surface area (Å²) in [5.74, 6) is 0.856. The maximum Gasteiger partial charge on any atom is 0.240 e. The topological polar surface area (TPSA) is 83.6 Å². The minimum atomic E-state index is -3.69. The molecule has 0 saturated carbocycles. The zero-order valence-electron chi connectivity index (χ0n) is 16.2. The van der Waals surface area contributed by atoms with E-state index in [0.717, 1.165) is 21.9 Å². The van der Waals surface area contributed by atoms with Crippen molar-refractivity contribution in [3.8, 4) is 0 Å². The van der Waals surface area contributed by atoms with Gasteiger partial charge in [0.15, 0.2) is 5.78 Å². The number of hydrogen-bond donors (Lipinski definition) is 1. The molecule has 0 atom stereocenters. The minimum absolute atomic E-state index is 0.179. The number of hydrogen-bond acceptors (Lipinski definition) is 5. The average Bonchev–Trinajstić information content (AvgIpc) is 2.65. The number of anilines is 1. The van der Waals surface area contributed by atoms with E-state index in [4.69, 9.17) is 11.6 Å². The van der Waals surface area contributed by atoms with E-state index in [9.17, 15) is 18.0 Å². The summed E-state index contributed by atoms with van der Waals surface area (Å²) in [5.41, 5.74) is 1.77. The molecule has 29 heavy (non-hydrogen) atoms. The van der Waals surface area contributed by atoms with Gasteiger partial charge in [-0.1, -0.05) is 35.9 Å². The van der Waals surface area contributed by atoms with Crippen LogP contribution in [0.3, 0.4) is 0 Å². The van der Waals surface area contributed by atoms with Crippen LogP contribution in [0, 0.1) is 0 Å². The second-order valence-corrected chi connectivity index (χ2v) is 9.86. The van der Waals surface area contributed by atoms with Crippen LogP contribution in [0.15, 0.2) is 48.5 Å². The first-order valence-corrected chi connectivity index (χ1v) is 12.2. The molecule has 1 amide bonds. The lowest BCUT2D eigenvalue weighted by Gasteiger charge is -2.22. The molecule has 0 spiro atoms. The van der Waals surface area contributed by atoms with Crippen LogP contribution in [0.2, 0.25) is 5.02 Å². The van der Waals surface area contributed by atoms with Crippen molar-refractivity contribution in [1.82, 2.24) is 5.32 Å². The molecule has 0 heterocycles. The number of sulfonamides is 1. The summed E-state index contributed by atoms with van der Waals surface area (Å²) in [6.45, 7) is 1.46. The van der Waals surface area contributed by atoms with Crippen molar-refractivity contribution in [2.75, 3.05) is 29.4 Å². The normalized spacial score (nSPS) is 11.1. The number of rotatable bonds is 10. The highest BCUT2D eigenvalue weighted by atomic mass is 35.5. The van der Waals surface area contributed by atoms with Crippen molar-refractivity contribution in [2.24, 2.45) is 0 Å². The van der Waals surface area contributed by atoms with Crippen LogP contribution in [0.5, 0.6) is 0 Å². The number of carbonyl (C=O) groups is 2. The Morgan fingerprint density at radius 2 is 1.86 bits per heavy atom. The third kappa shape index (κ3) is 7.72. The van der Waals surface area contributed by atoms with E-state index in [2.05, 4.69) is 5.32 Å². The summed E-state index contributed by atoms with van der Waals surface area (Å²) < 4.78 is 25.3. The van der Waals surface area contributed by atoms with Crippen LogP contribution < -0.4 is 9.62 Å². The molecule has 0 fully saturated rings. The second-order valence-electron chi connectivity index (χ2n) is 6.41. The van der Waals surface area contributed by atoms with E-state index in [0.29, 0.717) is 22.9 Å². The number of nitrogens with zero attached hydrogens (tertiary/aromatic N) is 1. The molecule has 0 saturated heterocycles. The molecule has 0 radical (unpaired) electrons. The summed E-state index contributed by atoms with van der Waals surface area (Å²) in [6, 6.07) is 13.8. The Balaban J connectivity index is 1.89. The molecular weight excluding hydrogens is 432 g/mol. The highest BCUT2D eigenvalue weighted by Gasteiger charge is 2.21. The molecule has 2 rings (SSSR count). The number of halogens is 1. The van der Waals surface area contributed by atoms with Gasteiger partial charge in [0.25, 0.3) is 0 Å². The van der Waals surface area contributed by atoms with Gasteiger partial charge in [0, 0.05) is 28.6 Å². The van der Waals surface area contributed by atoms with E-state index in [1.165, 1.54) is 13.0 Å². The zero-order chi connectivity index (χ0) is 21.4. The summed E-state index contributed by atoms with van der Waals surface area (Å²) in [4.78, 5) is 23.8. The van der Waals surface area contributed by atoms with Crippen molar-refractivity contribution in [2.45, 2.75) is 12.7 Å². The number of nitrogens with one attached hydrogen (secondary N) is 1. The fraction of sp³-hybridized carbons (Fsp3) is 0.300. The van der Waals surface area contributed by atoms with E-state index in [1.54, 1.807) is 30.0 Å². The van der Waals surface area contributed by atoms with Crippen LogP contribution in [0.1, 0.15) is 22.8 Å². The molecule has 0 aliphatic rings. The van der Waals surface area contributed by atoms with Gasteiger partial charge in [0.05, 0.1) is 11.9 Å². The average molecular weight is 455 g/mol. The third-order valence-corrected chi connectivity index (χ3v) is 6.36.